The topological polar surface area (TPSA) is 61.5 Å². The smallest absolute Gasteiger partial charge is 0.409 e. The Bertz CT molecular complexity index is 545. The lowest BCUT2D eigenvalue weighted by molar-refractivity contribution is -0.00462. The van der Waals surface area contributed by atoms with Crippen molar-refractivity contribution in [1.29, 1.82) is 0 Å². The summed E-state index contributed by atoms with van der Waals surface area (Å²) in [5.74, 6) is 1.75. The number of nitrogens with zero attached hydrogens (tertiary/aromatic N) is 3. The predicted octanol–water partition coefficient (Wildman–Crippen LogP) is 2.21. The van der Waals surface area contributed by atoms with Gasteiger partial charge in [-0.3, -0.25) is 0 Å². The Morgan fingerprint density at radius 3 is 2.78 bits per heavy atom. The Labute approximate surface area is 137 Å². The fourth-order valence-electron chi connectivity index (χ4n) is 4.79. The number of imidazole rings is 1. The summed E-state index contributed by atoms with van der Waals surface area (Å²) in [6.45, 7) is 4.10. The van der Waals surface area contributed by atoms with Gasteiger partial charge in [0.15, 0.2) is 0 Å². The zero-order chi connectivity index (χ0) is 15.9. The van der Waals surface area contributed by atoms with Crippen molar-refractivity contribution in [3.05, 3.63) is 18.2 Å². The number of nitrogens with one attached hydrogen (secondary N) is 1. The van der Waals surface area contributed by atoms with E-state index < -0.39 is 0 Å². The van der Waals surface area contributed by atoms with Gasteiger partial charge in [0.05, 0.1) is 7.11 Å². The van der Waals surface area contributed by atoms with Crippen molar-refractivity contribution >= 4 is 6.09 Å². The molecule has 0 aromatic carbocycles. The van der Waals surface area contributed by atoms with E-state index in [4.69, 9.17) is 4.74 Å². The number of aromatic nitrogens is 2. The molecule has 1 saturated carbocycles. The summed E-state index contributed by atoms with van der Waals surface area (Å²) in [6.07, 6.45) is 9.63. The molecule has 1 aromatic rings. The van der Waals surface area contributed by atoms with E-state index in [1.807, 2.05) is 17.3 Å². The number of carbonyl (C=O) groups is 1. The van der Waals surface area contributed by atoms with Crippen LogP contribution in [-0.4, -0.2) is 65.2 Å². The standard InChI is InChI=1S/C17H26N4O2/c1-23-16(22)21-9-4-17(12-21)10-14(11-17)20-7-2-13(3-8-20)15-18-5-6-19-15/h5-6,13-14H,2-4,7-12H2,1H3,(H,18,19). The SMILES string of the molecule is COC(=O)N1CCC2(CC(N3CCC(c4ncc[nH]4)CC3)C2)C1. The zero-order valence-electron chi connectivity index (χ0n) is 13.8. The molecule has 1 N–H and O–H groups in total. The lowest BCUT2D eigenvalue weighted by Gasteiger charge is -2.51. The number of methoxy groups -OCH3 is 1. The summed E-state index contributed by atoms with van der Waals surface area (Å²) in [6, 6.07) is 0.713. The third kappa shape index (κ3) is 2.73. The highest BCUT2D eigenvalue weighted by Gasteiger charge is 2.51. The van der Waals surface area contributed by atoms with Crippen molar-refractivity contribution in [2.45, 2.75) is 44.1 Å². The van der Waals surface area contributed by atoms with E-state index in [0.717, 1.165) is 25.3 Å². The minimum atomic E-state index is -0.162. The second-order valence-electron chi connectivity index (χ2n) is 7.49. The first-order valence-corrected chi connectivity index (χ1v) is 8.75. The van der Waals surface area contributed by atoms with Crippen LogP contribution in [0.1, 0.15) is 43.8 Å². The molecule has 4 rings (SSSR count). The van der Waals surface area contributed by atoms with Gasteiger partial charge in [-0.15, -0.1) is 0 Å². The molecular weight excluding hydrogens is 292 g/mol. The lowest BCUT2D eigenvalue weighted by atomic mass is 9.64. The largest absolute Gasteiger partial charge is 0.453 e. The van der Waals surface area contributed by atoms with E-state index in [1.54, 1.807) is 0 Å². The molecular formula is C17H26N4O2. The summed E-state index contributed by atoms with van der Waals surface area (Å²) in [5, 5.41) is 0. The van der Waals surface area contributed by atoms with Crippen LogP contribution in [0.2, 0.25) is 0 Å². The molecule has 3 heterocycles. The highest BCUT2D eigenvalue weighted by molar-refractivity contribution is 5.67. The van der Waals surface area contributed by atoms with Crippen molar-refractivity contribution in [1.82, 2.24) is 19.8 Å². The molecule has 0 radical (unpaired) electrons. The first kappa shape index (κ1) is 15.0. The van der Waals surface area contributed by atoms with Crippen LogP contribution in [0, 0.1) is 5.41 Å². The number of H-pyrrole nitrogens is 1. The van der Waals surface area contributed by atoms with Crippen molar-refractivity contribution in [3.63, 3.8) is 0 Å². The van der Waals surface area contributed by atoms with Gasteiger partial charge in [0, 0.05) is 37.4 Å². The Morgan fingerprint density at radius 1 is 1.35 bits per heavy atom. The highest BCUT2D eigenvalue weighted by atomic mass is 16.5. The Hall–Kier alpha value is -1.56. The lowest BCUT2D eigenvalue weighted by Crippen LogP contribution is -2.54. The van der Waals surface area contributed by atoms with Crippen molar-refractivity contribution < 1.29 is 9.53 Å². The van der Waals surface area contributed by atoms with E-state index in [1.165, 1.54) is 45.9 Å². The number of hydrogen-bond donors (Lipinski definition) is 1. The number of likely N-dealkylation sites (tertiary alicyclic amines) is 2. The quantitative estimate of drug-likeness (QED) is 0.908. The first-order chi connectivity index (χ1) is 11.2. The third-order valence-corrected chi connectivity index (χ3v) is 6.16. The summed E-state index contributed by atoms with van der Waals surface area (Å²) in [5.41, 5.74) is 0.372. The summed E-state index contributed by atoms with van der Waals surface area (Å²) in [7, 11) is 1.47. The van der Waals surface area contributed by atoms with E-state index in [0.29, 0.717) is 17.4 Å². The van der Waals surface area contributed by atoms with Gasteiger partial charge in [-0.05, 0) is 50.6 Å². The van der Waals surface area contributed by atoms with Crippen molar-refractivity contribution in [2.24, 2.45) is 5.41 Å². The molecule has 3 aliphatic rings. The molecule has 126 valence electrons. The molecule has 6 nitrogen and oxygen atoms in total. The van der Waals surface area contributed by atoms with Crippen LogP contribution in [0.25, 0.3) is 0 Å². The molecule has 3 fully saturated rings. The maximum Gasteiger partial charge on any atom is 0.409 e. The number of piperidine rings is 1. The van der Waals surface area contributed by atoms with E-state index >= 15 is 0 Å². The molecule has 6 heteroatoms. The second-order valence-corrected chi connectivity index (χ2v) is 7.49. The van der Waals surface area contributed by atoms with Crippen LogP contribution >= 0.6 is 0 Å². The van der Waals surface area contributed by atoms with Gasteiger partial charge in [0.1, 0.15) is 5.82 Å². The number of rotatable bonds is 2. The van der Waals surface area contributed by atoms with Crippen LogP contribution < -0.4 is 0 Å². The highest BCUT2D eigenvalue weighted by Crippen LogP contribution is 2.50. The van der Waals surface area contributed by atoms with Crippen molar-refractivity contribution in [3.8, 4) is 0 Å². The number of ether oxygens (including phenoxy) is 1. The van der Waals surface area contributed by atoms with Crippen LogP contribution in [0.5, 0.6) is 0 Å². The van der Waals surface area contributed by atoms with Gasteiger partial charge >= 0.3 is 6.09 Å². The molecule has 23 heavy (non-hydrogen) atoms. The van der Waals surface area contributed by atoms with E-state index in [2.05, 4.69) is 14.9 Å². The molecule has 1 spiro atoms. The van der Waals surface area contributed by atoms with Gasteiger partial charge in [0.2, 0.25) is 0 Å². The molecule has 0 unspecified atom stereocenters. The average Bonchev–Trinajstić information content (AvgIpc) is 3.22. The Kier molecular flexibility index (Phi) is 3.79. The number of aromatic amines is 1. The fourth-order valence-corrected chi connectivity index (χ4v) is 4.79. The molecule has 1 amide bonds. The van der Waals surface area contributed by atoms with E-state index in [9.17, 15) is 4.79 Å². The number of hydrogen-bond acceptors (Lipinski definition) is 4. The van der Waals surface area contributed by atoms with Crippen LogP contribution in [0.3, 0.4) is 0 Å². The number of carbonyl (C=O) groups excluding carboxylic acids is 1. The normalized spacial score (nSPS) is 32.2. The molecule has 1 aromatic heterocycles. The summed E-state index contributed by atoms with van der Waals surface area (Å²) >= 11 is 0. The monoisotopic (exact) mass is 318 g/mol. The first-order valence-electron chi connectivity index (χ1n) is 8.75. The van der Waals surface area contributed by atoms with Gasteiger partial charge in [-0.25, -0.2) is 9.78 Å². The minimum Gasteiger partial charge on any atom is -0.453 e. The Balaban J connectivity index is 1.26. The maximum absolute atomic E-state index is 11.7. The maximum atomic E-state index is 11.7. The second kappa shape index (κ2) is 5.82. The fraction of sp³-hybridized carbons (Fsp3) is 0.765. The van der Waals surface area contributed by atoms with E-state index in [-0.39, 0.29) is 6.09 Å². The zero-order valence-corrected chi connectivity index (χ0v) is 13.8. The molecule has 1 aliphatic carbocycles. The number of amides is 1. The van der Waals surface area contributed by atoms with Crippen LogP contribution in [-0.2, 0) is 4.74 Å². The Morgan fingerprint density at radius 2 is 2.13 bits per heavy atom. The van der Waals surface area contributed by atoms with Gasteiger partial charge < -0.3 is 19.5 Å². The summed E-state index contributed by atoms with van der Waals surface area (Å²) in [4.78, 5) is 23.9. The van der Waals surface area contributed by atoms with Crippen LogP contribution in [0.15, 0.2) is 12.4 Å². The van der Waals surface area contributed by atoms with Gasteiger partial charge in [0.25, 0.3) is 0 Å². The molecule has 0 atom stereocenters. The molecule has 2 aliphatic heterocycles. The minimum absolute atomic E-state index is 0.162. The van der Waals surface area contributed by atoms with Gasteiger partial charge in [-0.2, -0.15) is 0 Å². The average molecular weight is 318 g/mol. The van der Waals surface area contributed by atoms with Gasteiger partial charge in [-0.1, -0.05) is 0 Å². The predicted molar refractivity (Wildman–Crippen MR) is 86.2 cm³/mol. The molecule has 0 bridgehead atoms. The third-order valence-electron chi connectivity index (χ3n) is 6.16. The molecule has 2 saturated heterocycles. The van der Waals surface area contributed by atoms with Crippen LogP contribution in [0.4, 0.5) is 4.79 Å². The van der Waals surface area contributed by atoms with Crippen molar-refractivity contribution in [2.75, 3.05) is 33.3 Å². The summed E-state index contributed by atoms with van der Waals surface area (Å²) < 4.78 is 4.85.